The number of methoxy groups -OCH3 is 2. The van der Waals surface area contributed by atoms with Crippen molar-refractivity contribution >= 4 is 29.9 Å². The van der Waals surface area contributed by atoms with E-state index in [1.54, 1.807) is 14.2 Å². The van der Waals surface area contributed by atoms with Gasteiger partial charge in [-0.05, 0) is 51.6 Å². The van der Waals surface area contributed by atoms with E-state index in [-0.39, 0.29) is 30.1 Å². The molecule has 0 aromatic heterocycles. The van der Waals surface area contributed by atoms with Gasteiger partial charge in [-0.15, -0.1) is 24.0 Å². The molecule has 0 radical (unpaired) electrons. The smallest absolute Gasteiger partial charge is 0.191 e. The van der Waals surface area contributed by atoms with Crippen LogP contribution < -0.4 is 20.1 Å². The number of hydrogen-bond donors (Lipinski definition) is 2. The van der Waals surface area contributed by atoms with Gasteiger partial charge in [0.2, 0.25) is 0 Å². The Morgan fingerprint density at radius 3 is 2.47 bits per heavy atom. The van der Waals surface area contributed by atoms with Gasteiger partial charge in [-0.1, -0.05) is 0 Å². The molecule has 0 saturated carbocycles. The standard InChI is InChI=1S/C23H41N5O3.HI/c1-7-31-20(9-10-27(3)4)15-25-23(24-2)26-19-8-11-28(17-19)16-18-12-21(29-5)14-22(13-18)30-6;/h12-14,19-20H,7-11,15-17H2,1-6H3,(H2,24,25,26);1H. The summed E-state index contributed by atoms with van der Waals surface area (Å²) < 4.78 is 16.7. The number of halogens is 1. The molecule has 1 aromatic rings. The maximum Gasteiger partial charge on any atom is 0.191 e. The summed E-state index contributed by atoms with van der Waals surface area (Å²) in [6.45, 7) is 7.40. The molecule has 1 fully saturated rings. The van der Waals surface area contributed by atoms with E-state index < -0.39 is 0 Å². The van der Waals surface area contributed by atoms with Gasteiger partial charge in [0, 0.05) is 58.5 Å². The molecular formula is C23H42IN5O3. The quantitative estimate of drug-likeness (QED) is 0.230. The number of nitrogens with zero attached hydrogens (tertiary/aromatic N) is 3. The van der Waals surface area contributed by atoms with Crippen LogP contribution in [0.4, 0.5) is 0 Å². The van der Waals surface area contributed by atoms with Crippen LogP contribution in [-0.4, -0.2) is 96.1 Å². The number of ether oxygens (including phenoxy) is 3. The van der Waals surface area contributed by atoms with Crippen molar-refractivity contribution in [2.75, 3.05) is 68.1 Å². The maximum absolute atomic E-state index is 5.88. The molecule has 2 rings (SSSR count). The van der Waals surface area contributed by atoms with Crippen molar-refractivity contribution in [3.05, 3.63) is 23.8 Å². The molecule has 0 bridgehead atoms. The molecular weight excluding hydrogens is 521 g/mol. The highest BCUT2D eigenvalue weighted by atomic mass is 127. The minimum atomic E-state index is 0. The number of benzene rings is 1. The average molecular weight is 564 g/mol. The van der Waals surface area contributed by atoms with Crippen molar-refractivity contribution in [2.45, 2.75) is 38.5 Å². The van der Waals surface area contributed by atoms with Crippen LogP contribution in [-0.2, 0) is 11.3 Å². The summed E-state index contributed by atoms with van der Waals surface area (Å²) >= 11 is 0. The number of hydrogen-bond acceptors (Lipinski definition) is 6. The Balaban J connectivity index is 0.00000512. The summed E-state index contributed by atoms with van der Waals surface area (Å²) in [4.78, 5) is 9.04. The van der Waals surface area contributed by atoms with Gasteiger partial charge in [0.05, 0.1) is 20.3 Å². The molecule has 32 heavy (non-hydrogen) atoms. The molecule has 1 saturated heterocycles. The maximum atomic E-state index is 5.88. The topological polar surface area (TPSA) is 70.6 Å². The van der Waals surface area contributed by atoms with Crippen LogP contribution in [0.2, 0.25) is 0 Å². The number of likely N-dealkylation sites (tertiary alicyclic amines) is 1. The van der Waals surface area contributed by atoms with Crippen LogP contribution in [0, 0.1) is 0 Å². The Hall–Kier alpha value is -1.30. The number of guanidine groups is 1. The fourth-order valence-electron chi connectivity index (χ4n) is 3.79. The Morgan fingerprint density at radius 1 is 1.22 bits per heavy atom. The fraction of sp³-hybridized carbons (Fsp3) is 0.696. The fourth-order valence-corrected chi connectivity index (χ4v) is 3.79. The first-order valence-corrected chi connectivity index (χ1v) is 11.1. The van der Waals surface area contributed by atoms with Crippen molar-refractivity contribution < 1.29 is 14.2 Å². The molecule has 2 atom stereocenters. The number of aliphatic imine (C=N–C) groups is 1. The average Bonchev–Trinajstić information content (AvgIpc) is 3.20. The Kier molecular flexibility index (Phi) is 13.9. The van der Waals surface area contributed by atoms with Gasteiger partial charge in [0.15, 0.2) is 5.96 Å². The van der Waals surface area contributed by atoms with Gasteiger partial charge in [-0.2, -0.15) is 0 Å². The third-order valence-corrected chi connectivity index (χ3v) is 5.45. The van der Waals surface area contributed by atoms with Gasteiger partial charge in [0.1, 0.15) is 11.5 Å². The van der Waals surface area contributed by atoms with Crippen LogP contribution in [0.25, 0.3) is 0 Å². The largest absolute Gasteiger partial charge is 0.497 e. The summed E-state index contributed by atoms with van der Waals surface area (Å²) in [6.07, 6.45) is 2.25. The van der Waals surface area contributed by atoms with E-state index in [9.17, 15) is 0 Å². The first-order chi connectivity index (χ1) is 15.0. The first kappa shape index (κ1) is 28.7. The van der Waals surface area contributed by atoms with E-state index in [2.05, 4.69) is 51.7 Å². The van der Waals surface area contributed by atoms with Gasteiger partial charge < -0.3 is 29.7 Å². The van der Waals surface area contributed by atoms with Crippen molar-refractivity contribution in [3.8, 4) is 11.5 Å². The second kappa shape index (κ2) is 15.5. The van der Waals surface area contributed by atoms with Gasteiger partial charge in [-0.3, -0.25) is 9.89 Å². The van der Waals surface area contributed by atoms with Crippen LogP contribution in [0.3, 0.4) is 0 Å². The van der Waals surface area contributed by atoms with E-state index >= 15 is 0 Å². The first-order valence-electron chi connectivity index (χ1n) is 11.1. The molecule has 1 aliphatic heterocycles. The normalized spacial score (nSPS) is 17.7. The summed E-state index contributed by atoms with van der Waals surface area (Å²) in [7, 11) is 9.36. The van der Waals surface area contributed by atoms with E-state index in [4.69, 9.17) is 14.2 Å². The number of nitrogens with one attached hydrogen (secondary N) is 2. The Labute approximate surface area is 211 Å². The Morgan fingerprint density at radius 2 is 1.91 bits per heavy atom. The third-order valence-electron chi connectivity index (χ3n) is 5.45. The van der Waals surface area contributed by atoms with E-state index in [1.807, 2.05) is 20.0 Å². The summed E-state index contributed by atoms with van der Waals surface area (Å²) in [6, 6.07) is 6.42. The second-order valence-electron chi connectivity index (χ2n) is 8.21. The lowest BCUT2D eigenvalue weighted by Crippen LogP contribution is -2.47. The number of rotatable bonds is 12. The summed E-state index contributed by atoms with van der Waals surface area (Å²) in [5.74, 6) is 2.49. The van der Waals surface area contributed by atoms with Gasteiger partial charge >= 0.3 is 0 Å². The molecule has 184 valence electrons. The second-order valence-corrected chi connectivity index (χ2v) is 8.21. The van der Waals surface area contributed by atoms with Crippen LogP contribution >= 0.6 is 24.0 Å². The van der Waals surface area contributed by atoms with Gasteiger partial charge in [0.25, 0.3) is 0 Å². The lowest BCUT2D eigenvalue weighted by atomic mass is 10.2. The molecule has 9 heteroatoms. The Bertz CT molecular complexity index is 667. The minimum Gasteiger partial charge on any atom is -0.497 e. The molecule has 2 N–H and O–H groups in total. The van der Waals surface area contributed by atoms with E-state index in [1.165, 1.54) is 5.56 Å². The SMILES string of the molecule is CCOC(CCN(C)C)CNC(=NC)NC1CCN(Cc2cc(OC)cc(OC)c2)C1.I. The lowest BCUT2D eigenvalue weighted by molar-refractivity contribution is 0.0548. The monoisotopic (exact) mass is 563 g/mol. The van der Waals surface area contributed by atoms with Crippen LogP contribution in [0.15, 0.2) is 23.2 Å². The molecule has 2 unspecified atom stereocenters. The minimum absolute atomic E-state index is 0. The highest BCUT2D eigenvalue weighted by Gasteiger charge is 2.24. The predicted molar refractivity (Wildman–Crippen MR) is 142 cm³/mol. The van der Waals surface area contributed by atoms with Crippen molar-refractivity contribution in [3.63, 3.8) is 0 Å². The zero-order valence-electron chi connectivity index (χ0n) is 20.5. The zero-order chi connectivity index (χ0) is 22.6. The van der Waals surface area contributed by atoms with Crippen molar-refractivity contribution in [2.24, 2.45) is 4.99 Å². The third kappa shape index (κ3) is 10.1. The summed E-state index contributed by atoms with van der Waals surface area (Å²) in [5.41, 5.74) is 1.19. The van der Waals surface area contributed by atoms with Gasteiger partial charge in [-0.25, -0.2) is 0 Å². The molecule has 1 aliphatic rings. The highest BCUT2D eigenvalue weighted by Crippen LogP contribution is 2.24. The molecule has 0 amide bonds. The predicted octanol–water partition coefficient (Wildman–Crippen LogP) is 2.42. The van der Waals surface area contributed by atoms with Crippen molar-refractivity contribution in [1.82, 2.24) is 20.4 Å². The van der Waals surface area contributed by atoms with Crippen LogP contribution in [0.5, 0.6) is 11.5 Å². The summed E-state index contributed by atoms with van der Waals surface area (Å²) in [5, 5.41) is 7.01. The highest BCUT2D eigenvalue weighted by molar-refractivity contribution is 14.0. The molecule has 0 aliphatic carbocycles. The van der Waals surface area contributed by atoms with E-state index in [0.29, 0.717) is 6.04 Å². The molecule has 8 nitrogen and oxygen atoms in total. The molecule has 0 spiro atoms. The van der Waals surface area contributed by atoms with Crippen molar-refractivity contribution in [1.29, 1.82) is 0 Å². The zero-order valence-corrected chi connectivity index (χ0v) is 22.8. The van der Waals surface area contributed by atoms with Crippen LogP contribution in [0.1, 0.15) is 25.3 Å². The van der Waals surface area contributed by atoms with E-state index in [0.717, 1.165) is 69.6 Å². The molecule has 1 aromatic carbocycles. The lowest BCUT2D eigenvalue weighted by Gasteiger charge is -2.23. The molecule has 1 heterocycles.